The second-order valence-corrected chi connectivity index (χ2v) is 7.93. The minimum Gasteiger partial charge on any atom is -0.481 e. The van der Waals surface area contributed by atoms with Crippen molar-refractivity contribution in [1.29, 1.82) is 0 Å². The van der Waals surface area contributed by atoms with Gasteiger partial charge in [-0.15, -0.1) is 6.58 Å². The molecule has 0 aliphatic carbocycles. The molecule has 0 saturated heterocycles. The van der Waals surface area contributed by atoms with Crippen molar-refractivity contribution in [1.82, 2.24) is 0 Å². The van der Waals surface area contributed by atoms with Gasteiger partial charge in [0.25, 0.3) is 0 Å². The number of carboxylic acids is 3. The predicted molar refractivity (Wildman–Crippen MR) is 113 cm³/mol. The van der Waals surface area contributed by atoms with Crippen molar-refractivity contribution >= 4 is 17.9 Å². The van der Waals surface area contributed by atoms with Gasteiger partial charge in [-0.1, -0.05) is 25.3 Å². The summed E-state index contributed by atoms with van der Waals surface area (Å²) in [6.45, 7) is 6.55. The molecule has 0 aromatic heterocycles. The Hall–Kier alpha value is -1.89. The van der Waals surface area contributed by atoms with Gasteiger partial charge >= 0.3 is 17.9 Å². The molecule has 0 aliphatic rings. The maximum absolute atomic E-state index is 10.9. The molecule has 3 N–H and O–H groups in total. The zero-order valence-electron chi connectivity index (χ0n) is 17.8. The minimum absolute atomic E-state index is 0.0845. The van der Waals surface area contributed by atoms with Gasteiger partial charge in [-0.2, -0.15) is 0 Å². The van der Waals surface area contributed by atoms with Crippen molar-refractivity contribution < 1.29 is 34.2 Å². The van der Waals surface area contributed by atoms with E-state index in [9.17, 15) is 14.4 Å². The van der Waals surface area contributed by atoms with Gasteiger partial charge in [0, 0.05) is 19.3 Å². The lowest BCUT2D eigenvalue weighted by molar-refractivity contribution is -0.929. The van der Waals surface area contributed by atoms with Gasteiger partial charge in [-0.05, 0) is 25.7 Å². The van der Waals surface area contributed by atoms with Crippen LogP contribution in [-0.4, -0.2) is 63.9 Å². The summed E-state index contributed by atoms with van der Waals surface area (Å²) in [5.74, 6) is -2.50. The molecule has 7 nitrogen and oxygen atoms in total. The number of nitrogens with zero attached hydrogens (tertiary/aromatic N) is 1. The molecule has 0 saturated carbocycles. The average Bonchev–Trinajstić information content (AvgIpc) is 2.63. The molecule has 0 fully saturated rings. The first kappa shape index (κ1) is 27.1. The van der Waals surface area contributed by atoms with E-state index in [4.69, 9.17) is 15.3 Å². The Morgan fingerprint density at radius 1 is 0.586 bits per heavy atom. The quantitative estimate of drug-likeness (QED) is 0.147. The average molecular weight is 415 g/mol. The van der Waals surface area contributed by atoms with E-state index < -0.39 is 17.9 Å². The topological polar surface area (TPSA) is 112 Å². The van der Waals surface area contributed by atoms with Crippen LogP contribution in [0.4, 0.5) is 0 Å². The molecule has 29 heavy (non-hydrogen) atoms. The van der Waals surface area contributed by atoms with Crippen molar-refractivity contribution in [2.24, 2.45) is 0 Å². The fourth-order valence-corrected chi connectivity index (χ4v) is 3.81. The predicted octanol–water partition coefficient (Wildman–Crippen LogP) is 4.31. The van der Waals surface area contributed by atoms with Crippen LogP contribution in [-0.2, 0) is 14.4 Å². The molecular formula is C22H40NO6+. The van der Waals surface area contributed by atoms with Crippen LogP contribution in [0.1, 0.15) is 83.5 Å². The Morgan fingerprint density at radius 2 is 0.931 bits per heavy atom. The molecule has 0 aliphatic heterocycles. The van der Waals surface area contributed by atoms with Crippen molar-refractivity contribution in [2.75, 3.05) is 26.2 Å². The first-order chi connectivity index (χ1) is 13.8. The zero-order valence-corrected chi connectivity index (χ0v) is 17.8. The van der Waals surface area contributed by atoms with Gasteiger partial charge in [-0.25, -0.2) is 0 Å². The molecule has 0 rings (SSSR count). The van der Waals surface area contributed by atoms with E-state index in [1.165, 1.54) is 19.3 Å². The van der Waals surface area contributed by atoms with Crippen LogP contribution < -0.4 is 0 Å². The molecule has 0 bridgehead atoms. The second kappa shape index (κ2) is 17.0. The lowest BCUT2D eigenvalue weighted by Crippen LogP contribution is -2.51. The Kier molecular flexibility index (Phi) is 15.9. The van der Waals surface area contributed by atoms with Crippen LogP contribution in [0.15, 0.2) is 12.7 Å². The molecule has 7 heteroatoms. The molecule has 0 radical (unpaired) electrons. The van der Waals surface area contributed by atoms with E-state index in [0.717, 1.165) is 32.2 Å². The van der Waals surface area contributed by atoms with E-state index in [-0.39, 0.29) is 19.3 Å². The highest BCUT2D eigenvalue weighted by Gasteiger charge is 2.27. The fourth-order valence-electron chi connectivity index (χ4n) is 3.81. The molecule has 0 aromatic rings. The van der Waals surface area contributed by atoms with Crippen molar-refractivity contribution in [3.05, 3.63) is 12.7 Å². The number of hydrogen-bond donors (Lipinski definition) is 3. The highest BCUT2D eigenvalue weighted by molar-refractivity contribution is 5.67. The maximum atomic E-state index is 10.9. The van der Waals surface area contributed by atoms with Gasteiger partial charge in [0.05, 0.1) is 45.4 Å². The van der Waals surface area contributed by atoms with E-state index in [1.807, 2.05) is 6.08 Å². The number of unbranched alkanes of at least 4 members (excludes halogenated alkanes) is 6. The summed E-state index contributed by atoms with van der Waals surface area (Å²) in [5.41, 5.74) is 0. The van der Waals surface area contributed by atoms with Crippen LogP contribution in [0, 0.1) is 0 Å². The lowest BCUT2D eigenvalue weighted by Gasteiger charge is -2.39. The Bertz CT molecular complexity index is 441. The van der Waals surface area contributed by atoms with Crippen LogP contribution in [0.25, 0.3) is 0 Å². The molecular weight excluding hydrogens is 374 g/mol. The van der Waals surface area contributed by atoms with Gasteiger partial charge in [0.2, 0.25) is 0 Å². The third-order valence-electron chi connectivity index (χ3n) is 5.36. The van der Waals surface area contributed by atoms with E-state index in [2.05, 4.69) is 6.58 Å². The normalized spacial score (nSPS) is 11.3. The highest BCUT2D eigenvalue weighted by atomic mass is 16.4. The van der Waals surface area contributed by atoms with E-state index in [1.54, 1.807) is 0 Å². The summed E-state index contributed by atoms with van der Waals surface area (Å²) >= 11 is 0. The smallest absolute Gasteiger partial charge is 0.303 e. The van der Waals surface area contributed by atoms with Crippen LogP contribution >= 0.6 is 0 Å². The van der Waals surface area contributed by atoms with Crippen LogP contribution in [0.2, 0.25) is 0 Å². The Balaban J connectivity index is 4.74. The monoisotopic (exact) mass is 414 g/mol. The second-order valence-electron chi connectivity index (χ2n) is 7.93. The van der Waals surface area contributed by atoms with Crippen molar-refractivity contribution in [2.45, 2.75) is 83.5 Å². The van der Waals surface area contributed by atoms with Gasteiger partial charge < -0.3 is 19.8 Å². The standard InChI is InChI=1S/C22H39NO6/c1-2-3-4-5-6-7-8-9-16-23(17-10-13-20(24)25,18-11-14-21(26)27)19-12-15-22(28)29/h2H,1,3-19H2,(H2-,24,25,26,27,28,29)/p+1. The molecule has 168 valence electrons. The highest BCUT2D eigenvalue weighted by Crippen LogP contribution is 2.18. The van der Waals surface area contributed by atoms with Gasteiger partial charge in [0.15, 0.2) is 0 Å². The zero-order chi connectivity index (χ0) is 22.0. The summed E-state index contributed by atoms with van der Waals surface area (Å²) in [4.78, 5) is 32.8. The molecule has 0 amide bonds. The van der Waals surface area contributed by atoms with Crippen LogP contribution in [0.5, 0.6) is 0 Å². The fraction of sp³-hybridized carbons (Fsp3) is 0.773. The molecule has 0 heterocycles. The molecule has 0 spiro atoms. The number of quaternary nitrogens is 1. The first-order valence-electron chi connectivity index (χ1n) is 10.9. The maximum Gasteiger partial charge on any atom is 0.303 e. The summed E-state index contributed by atoms with van der Waals surface area (Å²) < 4.78 is 0.629. The third kappa shape index (κ3) is 16.7. The molecule has 0 unspecified atom stereocenters. The van der Waals surface area contributed by atoms with E-state index in [0.29, 0.717) is 43.4 Å². The summed E-state index contributed by atoms with van der Waals surface area (Å²) in [6, 6.07) is 0. The van der Waals surface area contributed by atoms with E-state index >= 15 is 0 Å². The van der Waals surface area contributed by atoms with Crippen LogP contribution in [0.3, 0.4) is 0 Å². The lowest BCUT2D eigenvalue weighted by atomic mass is 10.1. The number of rotatable bonds is 21. The number of carbonyl (C=O) groups is 3. The summed E-state index contributed by atoms with van der Waals surface area (Å²) in [6.07, 6.45) is 11.6. The van der Waals surface area contributed by atoms with Gasteiger partial charge in [0.1, 0.15) is 0 Å². The molecule has 0 atom stereocenters. The number of hydrogen-bond acceptors (Lipinski definition) is 3. The largest absolute Gasteiger partial charge is 0.481 e. The van der Waals surface area contributed by atoms with Crippen molar-refractivity contribution in [3.63, 3.8) is 0 Å². The first-order valence-corrected chi connectivity index (χ1v) is 10.9. The number of allylic oxidation sites excluding steroid dienone is 1. The Labute approximate surface area is 175 Å². The SMILES string of the molecule is C=CCCCCCCCC[N+](CCCC(=O)O)(CCCC(=O)O)CCCC(=O)O. The third-order valence-corrected chi connectivity index (χ3v) is 5.36. The summed E-state index contributed by atoms with van der Waals surface area (Å²) in [5, 5.41) is 26.9. The molecule has 0 aromatic carbocycles. The van der Waals surface area contributed by atoms with Crippen molar-refractivity contribution in [3.8, 4) is 0 Å². The minimum atomic E-state index is -0.835. The Morgan fingerprint density at radius 3 is 1.31 bits per heavy atom. The number of aliphatic carboxylic acids is 3. The summed E-state index contributed by atoms with van der Waals surface area (Å²) in [7, 11) is 0. The number of carboxylic acid groups (broad SMARTS) is 3. The van der Waals surface area contributed by atoms with Gasteiger partial charge in [-0.3, -0.25) is 14.4 Å².